The van der Waals surface area contributed by atoms with Gasteiger partial charge in [-0.2, -0.15) is 0 Å². The van der Waals surface area contributed by atoms with Crippen LogP contribution in [0.25, 0.3) is 0 Å². The van der Waals surface area contributed by atoms with Crippen LogP contribution in [-0.4, -0.2) is 49.4 Å². The van der Waals surface area contributed by atoms with Crippen LogP contribution in [0.2, 0.25) is 5.02 Å². The number of halogens is 1. The highest BCUT2D eigenvalue weighted by atomic mass is 35.5. The summed E-state index contributed by atoms with van der Waals surface area (Å²) in [6.07, 6.45) is 0.996. The third kappa shape index (κ3) is 4.48. The SMILES string of the molecule is CNCC1CCN(C(=O)C(NC(=O)c2ccccc2Cl)C(C)C)C1. The van der Waals surface area contributed by atoms with E-state index in [-0.39, 0.29) is 17.7 Å². The Morgan fingerprint density at radius 1 is 1.33 bits per heavy atom. The molecule has 0 spiro atoms. The van der Waals surface area contributed by atoms with Crippen molar-refractivity contribution in [2.24, 2.45) is 11.8 Å². The molecule has 1 aromatic carbocycles. The summed E-state index contributed by atoms with van der Waals surface area (Å²) in [4.78, 5) is 27.2. The number of nitrogens with one attached hydrogen (secondary N) is 2. The standard InChI is InChI=1S/C18H26ClN3O2/c1-12(2)16(18(24)22-9-8-13(11-22)10-20-3)21-17(23)14-6-4-5-7-15(14)19/h4-7,12-13,16,20H,8-11H2,1-3H3,(H,21,23). The Balaban J connectivity index is 2.05. The van der Waals surface area contributed by atoms with E-state index in [1.807, 2.05) is 25.8 Å². The van der Waals surface area contributed by atoms with Gasteiger partial charge in [0.1, 0.15) is 6.04 Å². The fourth-order valence-corrected chi connectivity index (χ4v) is 3.28. The van der Waals surface area contributed by atoms with Gasteiger partial charge in [0.15, 0.2) is 0 Å². The summed E-state index contributed by atoms with van der Waals surface area (Å²) in [5.74, 6) is 0.168. The zero-order chi connectivity index (χ0) is 17.7. The van der Waals surface area contributed by atoms with Crippen LogP contribution in [-0.2, 0) is 4.79 Å². The van der Waals surface area contributed by atoms with Gasteiger partial charge < -0.3 is 15.5 Å². The maximum atomic E-state index is 12.8. The van der Waals surface area contributed by atoms with Gasteiger partial charge in [0.2, 0.25) is 5.91 Å². The molecule has 0 aromatic heterocycles. The third-order valence-electron chi connectivity index (χ3n) is 4.43. The summed E-state index contributed by atoms with van der Waals surface area (Å²) in [5.41, 5.74) is 0.395. The highest BCUT2D eigenvalue weighted by molar-refractivity contribution is 6.33. The topological polar surface area (TPSA) is 61.4 Å². The van der Waals surface area contributed by atoms with Gasteiger partial charge in [0.05, 0.1) is 10.6 Å². The molecule has 1 aromatic rings. The van der Waals surface area contributed by atoms with Crippen molar-refractivity contribution in [1.29, 1.82) is 0 Å². The van der Waals surface area contributed by atoms with Crippen LogP contribution in [0.4, 0.5) is 0 Å². The van der Waals surface area contributed by atoms with Gasteiger partial charge in [-0.05, 0) is 44.0 Å². The van der Waals surface area contributed by atoms with Gasteiger partial charge in [-0.3, -0.25) is 9.59 Å². The number of carbonyl (C=O) groups excluding carboxylic acids is 2. The van der Waals surface area contributed by atoms with Crippen LogP contribution in [0.3, 0.4) is 0 Å². The fourth-order valence-electron chi connectivity index (χ4n) is 3.06. The van der Waals surface area contributed by atoms with E-state index < -0.39 is 6.04 Å². The van der Waals surface area contributed by atoms with E-state index in [0.29, 0.717) is 16.5 Å². The largest absolute Gasteiger partial charge is 0.341 e. The van der Waals surface area contributed by atoms with Crippen molar-refractivity contribution in [2.75, 3.05) is 26.7 Å². The number of nitrogens with zero attached hydrogens (tertiary/aromatic N) is 1. The molecule has 6 heteroatoms. The zero-order valence-electron chi connectivity index (χ0n) is 14.5. The molecule has 0 saturated carbocycles. The first kappa shape index (κ1) is 18.7. The van der Waals surface area contributed by atoms with Crippen LogP contribution < -0.4 is 10.6 Å². The normalized spacial score (nSPS) is 18.7. The average molecular weight is 352 g/mol. The molecule has 1 fully saturated rings. The molecule has 0 bridgehead atoms. The summed E-state index contributed by atoms with van der Waals surface area (Å²) >= 11 is 6.08. The lowest BCUT2D eigenvalue weighted by Crippen LogP contribution is -2.50. The van der Waals surface area contributed by atoms with Gasteiger partial charge >= 0.3 is 0 Å². The smallest absolute Gasteiger partial charge is 0.253 e. The number of amides is 2. The Bertz CT molecular complexity index is 591. The van der Waals surface area contributed by atoms with E-state index in [0.717, 1.165) is 26.1 Å². The Labute approximate surface area is 148 Å². The molecule has 2 amide bonds. The summed E-state index contributed by atoms with van der Waals surface area (Å²) in [6.45, 7) is 6.27. The maximum absolute atomic E-state index is 12.8. The summed E-state index contributed by atoms with van der Waals surface area (Å²) in [6, 6.07) is 6.33. The molecule has 1 heterocycles. The van der Waals surface area contributed by atoms with Gasteiger partial charge in [-0.25, -0.2) is 0 Å². The Kier molecular flexibility index (Phi) is 6.63. The lowest BCUT2D eigenvalue weighted by Gasteiger charge is -2.27. The third-order valence-corrected chi connectivity index (χ3v) is 4.76. The van der Waals surface area contributed by atoms with Gasteiger partial charge in [-0.1, -0.05) is 37.6 Å². The predicted molar refractivity (Wildman–Crippen MR) is 96.2 cm³/mol. The minimum atomic E-state index is -0.540. The molecule has 2 N–H and O–H groups in total. The molecule has 0 radical (unpaired) electrons. The fraction of sp³-hybridized carbons (Fsp3) is 0.556. The number of likely N-dealkylation sites (tertiary alicyclic amines) is 1. The van der Waals surface area contributed by atoms with Crippen molar-refractivity contribution >= 4 is 23.4 Å². The second kappa shape index (κ2) is 8.49. The quantitative estimate of drug-likeness (QED) is 0.825. The van der Waals surface area contributed by atoms with Crippen molar-refractivity contribution in [3.05, 3.63) is 34.9 Å². The summed E-state index contributed by atoms with van der Waals surface area (Å²) < 4.78 is 0. The van der Waals surface area contributed by atoms with E-state index in [1.165, 1.54) is 0 Å². The molecule has 24 heavy (non-hydrogen) atoms. The van der Waals surface area contributed by atoms with Crippen molar-refractivity contribution in [3.8, 4) is 0 Å². The van der Waals surface area contributed by atoms with Crippen LogP contribution >= 0.6 is 11.6 Å². The number of rotatable bonds is 6. The van der Waals surface area contributed by atoms with E-state index in [4.69, 9.17) is 11.6 Å². The van der Waals surface area contributed by atoms with Crippen LogP contribution in [0.15, 0.2) is 24.3 Å². The van der Waals surface area contributed by atoms with Gasteiger partial charge in [0.25, 0.3) is 5.91 Å². The van der Waals surface area contributed by atoms with E-state index in [2.05, 4.69) is 10.6 Å². The molecule has 1 aliphatic rings. The van der Waals surface area contributed by atoms with Crippen molar-refractivity contribution in [1.82, 2.24) is 15.5 Å². The summed E-state index contributed by atoms with van der Waals surface area (Å²) in [7, 11) is 1.92. The maximum Gasteiger partial charge on any atom is 0.253 e. The molecular weight excluding hydrogens is 326 g/mol. The van der Waals surface area contributed by atoms with Crippen molar-refractivity contribution in [3.63, 3.8) is 0 Å². The number of hydrogen-bond donors (Lipinski definition) is 2. The molecule has 132 valence electrons. The number of carbonyl (C=O) groups is 2. The lowest BCUT2D eigenvalue weighted by molar-refractivity contribution is -0.133. The van der Waals surface area contributed by atoms with E-state index >= 15 is 0 Å². The predicted octanol–water partition coefficient (Wildman–Crippen LogP) is 2.16. The summed E-state index contributed by atoms with van der Waals surface area (Å²) in [5, 5.41) is 6.41. The van der Waals surface area contributed by atoms with Crippen molar-refractivity contribution in [2.45, 2.75) is 26.3 Å². The molecule has 1 saturated heterocycles. The second-order valence-electron chi connectivity index (χ2n) is 6.67. The van der Waals surface area contributed by atoms with Gasteiger partial charge in [0, 0.05) is 13.1 Å². The van der Waals surface area contributed by atoms with E-state index in [1.54, 1.807) is 24.3 Å². The molecule has 0 aliphatic carbocycles. The van der Waals surface area contributed by atoms with Crippen LogP contribution in [0.1, 0.15) is 30.6 Å². The first-order valence-corrected chi connectivity index (χ1v) is 8.80. The Morgan fingerprint density at radius 2 is 2.04 bits per heavy atom. The molecule has 2 rings (SSSR count). The first-order chi connectivity index (χ1) is 11.4. The minimum Gasteiger partial charge on any atom is -0.341 e. The Hall–Kier alpha value is -1.59. The minimum absolute atomic E-state index is 0.00675. The second-order valence-corrected chi connectivity index (χ2v) is 7.08. The first-order valence-electron chi connectivity index (χ1n) is 8.42. The van der Waals surface area contributed by atoms with Gasteiger partial charge in [-0.15, -0.1) is 0 Å². The average Bonchev–Trinajstić information content (AvgIpc) is 3.01. The number of benzene rings is 1. The van der Waals surface area contributed by atoms with Crippen LogP contribution in [0.5, 0.6) is 0 Å². The van der Waals surface area contributed by atoms with Crippen LogP contribution in [0, 0.1) is 11.8 Å². The monoisotopic (exact) mass is 351 g/mol. The molecule has 2 unspecified atom stereocenters. The molecule has 1 aliphatic heterocycles. The zero-order valence-corrected chi connectivity index (χ0v) is 15.3. The highest BCUT2D eigenvalue weighted by Gasteiger charge is 2.33. The molecular formula is C18H26ClN3O2. The number of hydrogen-bond acceptors (Lipinski definition) is 3. The van der Waals surface area contributed by atoms with Crippen molar-refractivity contribution < 1.29 is 9.59 Å². The molecule has 5 nitrogen and oxygen atoms in total. The lowest BCUT2D eigenvalue weighted by atomic mass is 10.0. The van der Waals surface area contributed by atoms with E-state index in [9.17, 15) is 9.59 Å². The Morgan fingerprint density at radius 3 is 2.67 bits per heavy atom. The highest BCUT2D eigenvalue weighted by Crippen LogP contribution is 2.19. The molecule has 2 atom stereocenters.